The molecule has 0 saturated heterocycles. The summed E-state index contributed by atoms with van der Waals surface area (Å²) in [6, 6.07) is -1.53. The second-order valence-corrected chi connectivity index (χ2v) is 16.2. The Balaban J connectivity index is 4.41. The molecule has 0 fully saturated rings. The molecule has 12 heteroatoms. The number of nitrogens with two attached hydrogens (primary N) is 1. The third-order valence-electron chi connectivity index (χ3n) is 9.19. The number of carbonyl (C=O) groups excluding carboxylic acids is 2. The Morgan fingerprint density at radius 1 is 0.542 bits per heavy atom. The minimum absolute atomic E-state index is 0.138. The molecule has 0 saturated carbocycles. The fourth-order valence-corrected chi connectivity index (χ4v) is 6.45. The van der Waals surface area contributed by atoms with Crippen molar-refractivity contribution in [3.8, 4) is 0 Å². The van der Waals surface area contributed by atoms with Crippen LogP contribution in [0.4, 0.5) is 0 Å². The first kappa shape index (κ1) is 55.9. The Bertz CT molecular complexity index is 1280. The van der Waals surface area contributed by atoms with Crippen LogP contribution in [0.1, 0.15) is 174 Å². The molecule has 0 spiro atoms. The van der Waals surface area contributed by atoms with E-state index in [2.05, 4.69) is 91.3 Å². The van der Waals surface area contributed by atoms with Crippen LogP contribution in [0.3, 0.4) is 0 Å². The minimum Gasteiger partial charge on any atom is -0.480 e. The summed E-state index contributed by atoms with van der Waals surface area (Å²) in [5.74, 6) is -2.42. The first-order chi connectivity index (χ1) is 28.6. The normalized spacial score (nSPS) is 14.4. The van der Waals surface area contributed by atoms with Gasteiger partial charge in [0, 0.05) is 12.8 Å². The van der Waals surface area contributed by atoms with Crippen molar-refractivity contribution in [1.29, 1.82) is 0 Å². The van der Waals surface area contributed by atoms with Crippen LogP contribution in [0, 0.1) is 0 Å². The third-order valence-corrected chi connectivity index (χ3v) is 10.1. The lowest BCUT2D eigenvalue weighted by molar-refractivity contribution is -0.161. The quantitative estimate of drug-likeness (QED) is 0.0231. The van der Waals surface area contributed by atoms with Crippen molar-refractivity contribution in [2.45, 2.75) is 187 Å². The van der Waals surface area contributed by atoms with Gasteiger partial charge in [0.1, 0.15) is 12.6 Å². The molecule has 0 aromatic rings. The van der Waals surface area contributed by atoms with Gasteiger partial charge in [-0.1, -0.05) is 151 Å². The van der Waals surface area contributed by atoms with Crippen molar-refractivity contribution in [2.24, 2.45) is 5.73 Å². The molecule has 0 heterocycles. The predicted octanol–water partition coefficient (Wildman–Crippen LogP) is 12.1. The van der Waals surface area contributed by atoms with Crippen LogP contribution in [0.5, 0.6) is 0 Å². The molecule has 338 valence electrons. The highest BCUT2D eigenvalue weighted by molar-refractivity contribution is 7.47. The topological polar surface area (TPSA) is 172 Å². The van der Waals surface area contributed by atoms with Crippen molar-refractivity contribution in [3.63, 3.8) is 0 Å². The highest BCUT2D eigenvalue weighted by Gasteiger charge is 2.28. The van der Waals surface area contributed by atoms with Crippen LogP contribution in [-0.2, 0) is 37.5 Å². The largest absolute Gasteiger partial charge is 0.480 e. The van der Waals surface area contributed by atoms with Gasteiger partial charge in [-0.15, -0.1) is 0 Å². The van der Waals surface area contributed by atoms with Gasteiger partial charge in [-0.05, 0) is 83.5 Å². The molecular weight excluding hydrogens is 769 g/mol. The Kier molecular flexibility index (Phi) is 39.5. The minimum atomic E-state index is -4.73. The summed E-state index contributed by atoms with van der Waals surface area (Å²) in [5, 5.41) is 8.90. The molecule has 0 aliphatic rings. The standard InChI is InChI=1S/C47H80NO10P/c1-3-5-7-9-11-13-15-17-19-21-22-23-25-27-29-31-33-35-37-39-46(50)58-43(41-56-59(53,54)57-42-44(48)47(51)52)40-55-45(49)38-36-34-32-30-28-26-24-20-18-16-14-12-10-8-6-4-2/h5,7,11,13-14,16-17,19-20,22-24,43-44H,3-4,6,8-10,12,15,18,21,25-42,48H2,1-2H3,(H,51,52)(H,53,54)/b7-5-,13-11-,16-14-,19-17-,23-22-,24-20-. The zero-order valence-corrected chi connectivity index (χ0v) is 37.5. The van der Waals surface area contributed by atoms with E-state index in [1.807, 2.05) is 0 Å². The van der Waals surface area contributed by atoms with E-state index >= 15 is 0 Å². The molecule has 11 nitrogen and oxygen atoms in total. The van der Waals surface area contributed by atoms with Gasteiger partial charge in [0.2, 0.25) is 0 Å². The van der Waals surface area contributed by atoms with Crippen molar-refractivity contribution >= 4 is 25.7 Å². The molecular formula is C47H80NO10P. The summed E-state index contributed by atoms with van der Waals surface area (Å²) in [4.78, 5) is 46.0. The molecule has 0 radical (unpaired) electrons. The van der Waals surface area contributed by atoms with Crippen LogP contribution in [0.15, 0.2) is 72.9 Å². The van der Waals surface area contributed by atoms with Crippen molar-refractivity contribution in [1.82, 2.24) is 0 Å². The molecule has 0 aliphatic carbocycles. The lowest BCUT2D eigenvalue weighted by atomic mass is 10.1. The van der Waals surface area contributed by atoms with E-state index in [9.17, 15) is 23.8 Å². The lowest BCUT2D eigenvalue weighted by Gasteiger charge is -2.20. The van der Waals surface area contributed by atoms with E-state index in [1.54, 1.807) is 0 Å². The number of hydrogen-bond acceptors (Lipinski definition) is 9. The first-order valence-corrected chi connectivity index (χ1v) is 24.0. The number of aliphatic carboxylic acids is 1. The first-order valence-electron chi connectivity index (χ1n) is 22.5. The second kappa shape index (κ2) is 41.6. The number of ether oxygens (including phenoxy) is 2. The number of esters is 2. The smallest absolute Gasteiger partial charge is 0.472 e. The second-order valence-electron chi connectivity index (χ2n) is 14.8. The lowest BCUT2D eigenvalue weighted by Crippen LogP contribution is -2.34. The van der Waals surface area contributed by atoms with Crippen LogP contribution < -0.4 is 5.73 Å². The average Bonchev–Trinajstić information content (AvgIpc) is 3.21. The number of phosphoric acid groups is 1. The number of unbranched alkanes of at least 4 members (excludes halogenated alkanes) is 15. The summed E-state index contributed by atoms with van der Waals surface area (Å²) in [7, 11) is -4.73. The molecule has 59 heavy (non-hydrogen) atoms. The third kappa shape index (κ3) is 41.4. The van der Waals surface area contributed by atoms with E-state index in [-0.39, 0.29) is 19.4 Å². The van der Waals surface area contributed by atoms with E-state index < -0.39 is 51.1 Å². The van der Waals surface area contributed by atoms with Gasteiger partial charge < -0.3 is 25.2 Å². The van der Waals surface area contributed by atoms with Crippen LogP contribution in [-0.4, -0.2) is 59.9 Å². The zero-order chi connectivity index (χ0) is 43.5. The molecule has 0 bridgehead atoms. The number of carbonyl (C=O) groups is 3. The molecule has 3 atom stereocenters. The molecule has 3 unspecified atom stereocenters. The summed E-state index contributed by atoms with van der Waals surface area (Å²) in [5.41, 5.74) is 5.33. The van der Waals surface area contributed by atoms with Crippen molar-refractivity contribution < 1.29 is 47.5 Å². The summed E-state index contributed by atoms with van der Waals surface area (Å²) in [6.07, 6.45) is 49.6. The maximum absolute atomic E-state index is 12.6. The van der Waals surface area contributed by atoms with Gasteiger partial charge in [0.05, 0.1) is 13.2 Å². The average molecular weight is 850 g/mol. The molecule has 0 aromatic heterocycles. The Morgan fingerprint density at radius 2 is 0.949 bits per heavy atom. The fraction of sp³-hybridized carbons (Fsp3) is 0.681. The van der Waals surface area contributed by atoms with Crippen LogP contribution in [0.2, 0.25) is 0 Å². The van der Waals surface area contributed by atoms with Crippen LogP contribution >= 0.6 is 7.82 Å². The molecule has 4 N–H and O–H groups in total. The van der Waals surface area contributed by atoms with Gasteiger partial charge in [-0.3, -0.25) is 23.4 Å². The number of hydrogen-bond donors (Lipinski definition) is 3. The van der Waals surface area contributed by atoms with Crippen molar-refractivity contribution in [2.75, 3.05) is 19.8 Å². The Morgan fingerprint density at radius 3 is 1.42 bits per heavy atom. The van der Waals surface area contributed by atoms with Gasteiger partial charge >= 0.3 is 25.7 Å². The highest BCUT2D eigenvalue weighted by atomic mass is 31.2. The van der Waals surface area contributed by atoms with Gasteiger partial charge in [-0.25, -0.2) is 4.57 Å². The van der Waals surface area contributed by atoms with E-state index in [0.717, 1.165) is 109 Å². The zero-order valence-electron chi connectivity index (χ0n) is 36.6. The van der Waals surface area contributed by atoms with Gasteiger partial charge in [0.15, 0.2) is 6.10 Å². The monoisotopic (exact) mass is 850 g/mol. The van der Waals surface area contributed by atoms with E-state index in [0.29, 0.717) is 12.8 Å². The summed E-state index contributed by atoms with van der Waals surface area (Å²) in [6.45, 7) is 2.64. The number of carboxylic acids is 1. The predicted molar refractivity (Wildman–Crippen MR) is 240 cm³/mol. The molecule has 0 rings (SSSR count). The van der Waals surface area contributed by atoms with E-state index in [1.165, 1.54) is 25.7 Å². The molecule has 0 aromatic carbocycles. The summed E-state index contributed by atoms with van der Waals surface area (Å²) >= 11 is 0. The number of phosphoric ester groups is 1. The summed E-state index contributed by atoms with van der Waals surface area (Å²) < 4.78 is 32.7. The van der Waals surface area contributed by atoms with E-state index in [4.69, 9.17) is 24.8 Å². The van der Waals surface area contributed by atoms with Gasteiger partial charge in [0.25, 0.3) is 0 Å². The maximum atomic E-state index is 12.6. The Labute approximate surface area is 357 Å². The van der Waals surface area contributed by atoms with Crippen molar-refractivity contribution in [3.05, 3.63) is 72.9 Å². The SMILES string of the molecule is CC/C=C\C/C=C\C/C=C\C/C=C\CCCCCCCCC(=O)OC(COC(=O)CCCCCCC/C=C\C/C=C\CCCCCC)COP(=O)(O)OCC(N)C(=O)O. The number of rotatable bonds is 41. The van der Waals surface area contributed by atoms with Gasteiger partial charge in [-0.2, -0.15) is 0 Å². The Hall–Kier alpha value is -3.08. The number of allylic oxidation sites excluding steroid dienone is 12. The number of carboxylic acid groups (broad SMARTS) is 1. The highest BCUT2D eigenvalue weighted by Crippen LogP contribution is 2.43. The molecule has 0 amide bonds. The van der Waals surface area contributed by atoms with Crippen LogP contribution in [0.25, 0.3) is 0 Å². The maximum Gasteiger partial charge on any atom is 0.472 e. The fourth-order valence-electron chi connectivity index (χ4n) is 5.67. The molecule has 0 aliphatic heterocycles.